The van der Waals surface area contributed by atoms with Crippen LogP contribution in [-0.4, -0.2) is 6.54 Å². The van der Waals surface area contributed by atoms with Crippen molar-refractivity contribution in [2.75, 3.05) is 11.9 Å². The second-order valence-electron chi connectivity index (χ2n) is 7.02. The molecule has 0 amide bonds. The molecule has 1 nitrogen and oxygen atoms in total. The molecule has 0 heterocycles. The average molecular weight is 259 g/mol. The van der Waals surface area contributed by atoms with Crippen LogP contribution in [0.2, 0.25) is 0 Å². The molecule has 1 saturated carbocycles. The summed E-state index contributed by atoms with van der Waals surface area (Å²) in [6.45, 7) is 7.98. The molecular weight excluding hydrogens is 230 g/mol. The molecule has 1 aromatic rings. The molecule has 2 rings (SSSR count). The zero-order valence-electron chi connectivity index (χ0n) is 12.8. The van der Waals surface area contributed by atoms with Gasteiger partial charge in [0, 0.05) is 12.2 Å². The molecular formula is C18H29N. The van der Waals surface area contributed by atoms with Crippen LogP contribution in [0.1, 0.15) is 64.9 Å². The first-order valence-electron chi connectivity index (χ1n) is 7.91. The third-order valence-corrected chi connectivity index (χ3v) is 4.33. The van der Waals surface area contributed by atoms with Crippen LogP contribution >= 0.6 is 0 Å². The third-order valence-electron chi connectivity index (χ3n) is 4.33. The maximum Gasteiger partial charge on any atom is 0.0378 e. The standard InChI is InChI=1S/C18H29N/c1-18(2,3)16-11-7-8-12-17(16)19-14-13-15-9-5-4-6-10-15/h7-8,11-12,15,19H,4-6,9-10,13-14H2,1-3H3. The predicted molar refractivity (Wildman–Crippen MR) is 84.8 cm³/mol. The lowest BCUT2D eigenvalue weighted by Crippen LogP contribution is -2.17. The van der Waals surface area contributed by atoms with Crippen LogP contribution in [0.5, 0.6) is 0 Å². The van der Waals surface area contributed by atoms with Crippen molar-refractivity contribution in [1.82, 2.24) is 0 Å². The summed E-state index contributed by atoms with van der Waals surface area (Å²) in [6.07, 6.45) is 8.58. The maximum atomic E-state index is 3.67. The Hall–Kier alpha value is -0.980. The van der Waals surface area contributed by atoms with Gasteiger partial charge in [0.2, 0.25) is 0 Å². The molecule has 1 aromatic carbocycles. The topological polar surface area (TPSA) is 12.0 Å². The van der Waals surface area contributed by atoms with Gasteiger partial charge in [-0.2, -0.15) is 0 Å². The Labute approximate surface area is 118 Å². The fraction of sp³-hybridized carbons (Fsp3) is 0.667. The fourth-order valence-corrected chi connectivity index (χ4v) is 3.18. The number of hydrogen-bond donors (Lipinski definition) is 1. The first kappa shape index (κ1) is 14.4. The lowest BCUT2D eigenvalue weighted by Gasteiger charge is -2.25. The van der Waals surface area contributed by atoms with Crippen molar-refractivity contribution < 1.29 is 0 Å². The van der Waals surface area contributed by atoms with Crippen molar-refractivity contribution >= 4 is 5.69 Å². The monoisotopic (exact) mass is 259 g/mol. The Kier molecular flexibility index (Phi) is 4.90. The van der Waals surface area contributed by atoms with Gasteiger partial charge in [-0.25, -0.2) is 0 Å². The molecule has 106 valence electrons. The van der Waals surface area contributed by atoms with Crippen LogP contribution in [0, 0.1) is 5.92 Å². The van der Waals surface area contributed by atoms with Gasteiger partial charge in [0.1, 0.15) is 0 Å². The Morgan fingerprint density at radius 3 is 2.42 bits per heavy atom. The molecule has 1 aliphatic carbocycles. The molecule has 0 spiro atoms. The Balaban J connectivity index is 1.88. The van der Waals surface area contributed by atoms with E-state index in [-0.39, 0.29) is 5.41 Å². The van der Waals surface area contributed by atoms with E-state index in [9.17, 15) is 0 Å². The van der Waals surface area contributed by atoms with E-state index in [1.165, 1.54) is 49.8 Å². The Morgan fingerprint density at radius 1 is 1.05 bits per heavy atom. The smallest absolute Gasteiger partial charge is 0.0378 e. The second-order valence-corrected chi connectivity index (χ2v) is 7.02. The molecule has 1 fully saturated rings. The van der Waals surface area contributed by atoms with Gasteiger partial charge in [0.25, 0.3) is 0 Å². The van der Waals surface area contributed by atoms with E-state index in [0.717, 1.165) is 12.5 Å². The van der Waals surface area contributed by atoms with Gasteiger partial charge in [0.15, 0.2) is 0 Å². The van der Waals surface area contributed by atoms with Crippen LogP contribution in [0.3, 0.4) is 0 Å². The summed E-state index contributed by atoms with van der Waals surface area (Å²) in [7, 11) is 0. The molecule has 0 radical (unpaired) electrons. The normalized spacial score (nSPS) is 17.4. The first-order chi connectivity index (χ1) is 9.07. The highest BCUT2D eigenvalue weighted by Gasteiger charge is 2.17. The quantitative estimate of drug-likeness (QED) is 0.767. The van der Waals surface area contributed by atoms with E-state index >= 15 is 0 Å². The number of benzene rings is 1. The van der Waals surface area contributed by atoms with E-state index in [1.54, 1.807) is 0 Å². The Bertz CT molecular complexity index is 383. The zero-order valence-corrected chi connectivity index (χ0v) is 12.8. The van der Waals surface area contributed by atoms with E-state index in [4.69, 9.17) is 0 Å². The lowest BCUT2D eigenvalue weighted by atomic mass is 9.85. The third kappa shape index (κ3) is 4.26. The summed E-state index contributed by atoms with van der Waals surface area (Å²) in [5, 5.41) is 3.67. The largest absolute Gasteiger partial charge is 0.385 e. The number of anilines is 1. The molecule has 1 heteroatoms. The van der Waals surface area contributed by atoms with Crippen molar-refractivity contribution in [1.29, 1.82) is 0 Å². The van der Waals surface area contributed by atoms with Crippen molar-refractivity contribution in [3.8, 4) is 0 Å². The van der Waals surface area contributed by atoms with Gasteiger partial charge in [0.05, 0.1) is 0 Å². The zero-order chi connectivity index (χ0) is 13.7. The minimum Gasteiger partial charge on any atom is -0.385 e. The molecule has 1 N–H and O–H groups in total. The van der Waals surface area contributed by atoms with E-state index in [1.807, 2.05) is 0 Å². The van der Waals surface area contributed by atoms with Gasteiger partial charge in [-0.1, -0.05) is 71.1 Å². The highest BCUT2D eigenvalue weighted by Crippen LogP contribution is 2.30. The predicted octanol–water partition coefficient (Wildman–Crippen LogP) is 5.37. The van der Waals surface area contributed by atoms with Crippen LogP contribution in [-0.2, 0) is 5.41 Å². The fourth-order valence-electron chi connectivity index (χ4n) is 3.18. The Morgan fingerprint density at radius 2 is 1.74 bits per heavy atom. The minimum absolute atomic E-state index is 0.217. The van der Waals surface area contributed by atoms with Gasteiger partial charge < -0.3 is 5.32 Å². The first-order valence-corrected chi connectivity index (χ1v) is 7.91. The van der Waals surface area contributed by atoms with Crippen LogP contribution < -0.4 is 5.32 Å². The number of rotatable bonds is 4. The number of nitrogens with one attached hydrogen (secondary N) is 1. The molecule has 0 unspecified atom stereocenters. The van der Waals surface area contributed by atoms with Crippen LogP contribution in [0.4, 0.5) is 5.69 Å². The molecule has 0 atom stereocenters. The van der Waals surface area contributed by atoms with Gasteiger partial charge in [-0.3, -0.25) is 0 Å². The summed E-state index contributed by atoms with van der Waals surface area (Å²) in [5.74, 6) is 0.961. The summed E-state index contributed by atoms with van der Waals surface area (Å²) in [5.41, 5.74) is 2.97. The minimum atomic E-state index is 0.217. The average Bonchev–Trinajstić information content (AvgIpc) is 2.39. The van der Waals surface area contributed by atoms with Crippen LogP contribution in [0.25, 0.3) is 0 Å². The van der Waals surface area contributed by atoms with Crippen molar-refractivity contribution in [2.24, 2.45) is 5.92 Å². The summed E-state index contributed by atoms with van der Waals surface area (Å²) >= 11 is 0. The summed E-state index contributed by atoms with van der Waals surface area (Å²) in [6, 6.07) is 8.76. The molecule has 19 heavy (non-hydrogen) atoms. The second kappa shape index (κ2) is 6.45. The van der Waals surface area contributed by atoms with E-state index in [0.29, 0.717) is 0 Å². The van der Waals surface area contributed by atoms with Gasteiger partial charge in [-0.05, 0) is 29.4 Å². The highest BCUT2D eigenvalue weighted by molar-refractivity contribution is 5.54. The lowest BCUT2D eigenvalue weighted by molar-refractivity contribution is 0.345. The highest BCUT2D eigenvalue weighted by atomic mass is 14.9. The molecule has 1 aliphatic rings. The summed E-state index contributed by atoms with van der Waals surface area (Å²) in [4.78, 5) is 0. The van der Waals surface area contributed by atoms with E-state index < -0.39 is 0 Å². The SMILES string of the molecule is CC(C)(C)c1ccccc1NCCC1CCCCC1. The molecule has 0 bridgehead atoms. The van der Waals surface area contributed by atoms with Gasteiger partial charge >= 0.3 is 0 Å². The van der Waals surface area contributed by atoms with Crippen molar-refractivity contribution in [3.05, 3.63) is 29.8 Å². The van der Waals surface area contributed by atoms with Crippen molar-refractivity contribution in [2.45, 2.75) is 64.7 Å². The maximum absolute atomic E-state index is 3.67. The van der Waals surface area contributed by atoms with Crippen LogP contribution in [0.15, 0.2) is 24.3 Å². The summed E-state index contributed by atoms with van der Waals surface area (Å²) < 4.78 is 0. The van der Waals surface area contributed by atoms with E-state index in [2.05, 4.69) is 50.4 Å². The molecule has 0 aliphatic heterocycles. The molecule has 0 saturated heterocycles. The van der Waals surface area contributed by atoms with Gasteiger partial charge in [-0.15, -0.1) is 0 Å². The van der Waals surface area contributed by atoms with Crippen molar-refractivity contribution in [3.63, 3.8) is 0 Å². The number of hydrogen-bond acceptors (Lipinski definition) is 1. The number of para-hydroxylation sites is 1. The molecule has 0 aromatic heterocycles.